The summed E-state index contributed by atoms with van der Waals surface area (Å²) in [5.41, 5.74) is 8.32. The summed E-state index contributed by atoms with van der Waals surface area (Å²) in [7, 11) is 1.62. The van der Waals surface area contributed by atoms with E-state index in [1.807, 2.05) is 0 Å². The van der Waals surface area contributed by atoms with Gasteiger partial charge < -0.3 is 5.73 Å². The Morgan fingerprint density at radius 3 is 2.67 bits per heavy atom. The maximum absolute atomic E-state index is 10.1. The summed E-state index contributed by atoms with van der Waals surface area (Å²) in [6, 6.07) is 0. The molecule has 0 aromatic carbocycles. The van der Waals surface area contributed by atoms with Crippen molar-refractivity contribution in [3.63, 3.8) is 0 Å². The lowest BCUT2D eigenvalue weighted by atomic mass is 10.5. The van der Waals surface area contributed by atoms with Crippen molar-refractivity contribution in [2.45, 2.75) is 0 Å². The van der Waals surface area contributed by atoms with Crippen LogP contribution in [-0.4, -0.2) is 25.0 Å². The van der Waals surface area contributed by atoms with Crippen LogP contribution < -0.4 is 11.2 Å². The molecule has 0 saturated carbocycles. The first-order valence-corrected chi connectivity index (χ1v) is 2.56. The van der Waals surface area contributed by atoms with Crippen molar-refractivity contribution in [2.75, 3.05) is 13.6 Å². The summed E-state index contributed by atoms with van der Waals surface area (Å²) in [6.45, 7) is 3.80. The summed E-state index contributed by atoms with van der Waals surface area (Å²) in [4.78, 5) is 10.1. The quantitative estimate of drug-likeness (QED) is 0.380. The van der Waals surface area contributed by atoms with Gasteiger partial charge in [0, 0.05) is 19.3 Å². The van der Waals surface area contributed by atoms with Gasteiger partial charge in [-0.15, -0.1) is 0 Å². The molecule has 0 radical (unpaired) electrons. The third-order valence-corrected chi connectivity index (χ3v) is 0.923. The lowest BCUT2D eigenvalue weighted by Crippen LogP contribution is -2.35. The zero-order valence-corrected chi connectivity index (χ0v) is 5.42. The highest BCUT2D eigenvalue weighted by Gasteiger charge is 1.98. The van der Waals surface area contributed by atoms with Gasteiger partial charge in [-0.3, -0.25) is 9.80 Å². The minimum absolute atomic E-state index is 0.277. The Morgan fingerprint density at radius 1 is 2.00 bits per heavy atom. The van der Waals surface area contributed by atoms with Crippen molar-refractivity contribution in [3.8, 4) is 0 Å². The average Bonchev–Trinajstić information content (AvgIpc) is 1.90. The average molecular weight is 129 g/mol. The number of rotatable bonds is 4. The molecule has 52 valence electrons. The maximum atomic E-state index is 10.1. The molecular formula is C5H11N3O. The normalized spacial score (nSPS) is 8.67. The molecule has 0 heterocycles. The fourth-order valence-electron chi connectivity index (χ4n) is 0.384. The lowest BCUT2D eigenvalue weighted by Gasteiger charge is -2.15. The second-order valence-corrected chi connectivity index (χ2v) is 1.47. The van der Waals surface area contributed by atoms with Crippen molar-refractivity contribution < 1.29 is 4.79 Å². The molecule has 0 bridgehead atoms. The number of nitrogens with zero attached hydrogens (tertiary/aromatic N) is 1. The first kappa shape index (κ1) is 8.13. The molecule has 3 N–H and O–H groups in total. The van der Waals surface area contributed by atoms with Crippen LogP contribution in [0.2, 0.25) is 0 Å². The number of carbonyl (C=O) groups excluding carboxylic acids is 1. The second-order valence-electron chi connectivity index (χ2n) is 1.47. The molecule has 9 heavy (non-hydrogen) atoms. The van der Waals surface area contributed by atoms with Crippen LogP contribution in [0.5, 0.6) is 0 Å². The van der Waals surface area contributed by atoms with Gasteiger partial charge in [0.05, 0.1) is 0 Å². The lowest BCUT2D eigenvalue weighted by molar-refractivity contribution is -0.118. The molecule has 4 nitrogen and oxygen atoms in total. The standard InChI is InChI=1S/C5H11N3O/c1-5(3-6)8(4-9)7-2/h4,7H,1,3,6H2,2H3. The van der Waals surface area contributed by atoms with Gasteiger partial charge in [0.1, 0.15) is 0 Å². The fourth-order valence-corrected chi connectivity index (χ4v) is 0.384. The largest absolute Gasteiger partial charge is 0.325 e. The number of hydrazine groups is 1. The Balaban J connectivity index is 3.78. The van der Waals surface area contributed by atoms with E-state index in [9.17, 15) is 4.79 Å². The molecule has 0 saturated heterocycles. The van der Waals surface area contributed by atoms with Crippen molar-refractivity contribution in [3.05, 3.63) is 12.3 Å². The van der Waals surface area contributed by atoms with Crippen molar-refractivity contribution >= 4 is 6.41 Å². The Hall–Kier alpha value is -0.870. The molecule has 0 rings (SSSR count). The van der Waals surface area contributed by atoms with E-state index in [1.165, 1.54) is 5.01 Å². The van der Waals surface area contributed by atoms with Crippen LogP contribution in [0.15, 0.2) is 12.3 Å². The minimum Gasteiger partial charge on any atom is -0.325 e. The molecular weight excluding hydrogens is 118 g/mol. The van der Waals surface area contributed by atoms with Crippen molar-refractivity contribution in [1.82, 2.24) is 10.4 Å². The van der Waals surface area contributed by atoms with Gasteiger partial charge in [-0.1, -0.05) is 6.58 Å². The zero-order valence-electron chi connectivity index (χ0n) is 5.42. The molecule has 0 aromatic rings. The van der Waals surface area contributed by atoms with Gasteiger partial charge in [-0.2, -0.15) is 0 Å². The third kappa shape index (κ3) is 2.25. The molecule has 0 aliphatic heterocycles. The van der Waals surface area contributed by atoms with E-state index in [0.717, 1.165) is 0 Å². The van der Waals surface area contributed by atoms with Crippen LogP contribution in [0.4, 0.5) is 0 Å². The number of nitrogens with one attached hydrogen (secondary N) is 1. The molecule has 4 heteroatoms. The van der Waals surface area contributed by atoms with E-state index in [2.05, 4.69) is 12.0 Å². The Morgan fingerprint density at radius 2 is 2.56 bits per heavy atom. The summed E-state index contributed by atoms with van der Waals surface area (Å²) in [5, 5.41) is 1.22. The van der Waals surface area contributed by atoms with Crippen LogP contribution in [-0.2, 0) is 4.79 Å². The van der Waals surface area contributed by atoms with E-state index >= 15 is 0 Å². The highest BCUT2D eigenvalue weighted by molar-refractivity contribution is 5.49. The number of hydrogen-bond acceptors (Lipinski definition) is 3. The Bertz CT molecular complexity index is 113. The summed E-state index contributed by atoms with van der Waals surface area (Å²) < 4.78 is 0. The van der Waals surface area contributed by atoms with Crippen molar-refractivity contribution in [2.24, 2.45) is 5.73 Å². The summed E-state index contributed by atoms with van der Waals surface area (Å²) in [6.07, 6.45) is 0.620. The Labute approximate surface area is 54.3 Å². The molecule has 0 unspecified atom stereocenters. The van der Waals surface area contributed by atoms with E-state index < -0.39 is 0 Å². The maximum Gasteiger partial charge on any atom is 0.228 e. The molecule has 0 spiro atoms. The van der Waals surface area contributed by atoms with Gasteiger partial charge in [-0.25, -0.2) is 5.43 Å². The minimum atomic E-state index is 0.277. The topological polar surface area (TPSA) is 58.4 Å². The van der Waals surface area contributed by atoms with Gasteiger partial charge in [0.15, 0.2) is 0 Å². The predicted octanol–water partition coefficient (Wildman–Crippen LogP) is -0.948. The number of hydrogen-bond donors (Lipinski definition) is 2. The number of nitrogens with two attached hydrogens (primary N) is 1. The molecule has 0 fully saturated rings. The van der Waals surface area contributed by atoms with Crippen LogP contribution in [0.3, 0.4) is 0 Å². The predicted molar refractivity (Wildman–Crippen MR) is 35.2 cm³/mol. The van der Waals surface area contributed by atoms with E-state index in [0.29, 0.717) is 12.1 Å². The van der Waals surface area contributed by atoms with Crippen molar-refractivity contribution in [1.29, 1.82) is 0 Å². The van der Waals surface area contributed by atoms with Gasteiger partial charge in [0.2, 0.25) is 6.41 Å². The fraction of sp³-hybridized carbons (Fsp3) is 0.400. The monoisotopic (exact) mass is 129 g/mol. The smallest absolute Gasteiger partial charge is 0.228 e. The van der Waals surface area contributed by atoms with Crippen LogP contribution >= 0.6 is 0 Å². The highest BCUT2D eigenvalue weighted by Crippen LogP contribution is 1.87. The molecule has 0 aromatic heterocycles. The summed E-state index contributed by atoms with van der Waals surface area (Å²) in [5.74, 6) is 0. The van der Waals surface area contributed by atoms with E-state index in [4.69, 9.17) is 5.73 Å². The van der Waals surface area contributed by atoms with E-state index in [-0.39, 0.29) is 6.54 Å². The number of amides is 1. The molecule has 0 aliphatic rings. The van der Waals surface area contributed by atoms with Crippen LogP contribution in [0, 0.1) is 0 Å². The Kier molecular flexibility index (Phi) is 3.66. The highest BCUT2D eigenvalue weighted by atomic mass is 16.1. The summed E-state index contributed by atoms with van der Waals surface area (Å²) >= 11 is 0. The molecule has 1 amide bonds. The van der Waals surface area contributed by atoms with Gasteiger partial charge in [-0.05, 0) is 0 Å². The molecule has 0 atom stereocenters. The zero-order chi connectivity index (χ0) is 7.28. The van der Waals surface area contributed by atoms with Gasteiger partial charge in [0.25, 0.3) is 0 Å². The number of carbonyl (C=O) groups is 1. The van der Waals surface area contributed by atoms with Crippen LogP contribution in [0.25, 0.3) is 0 Å². The first-order chi connectivity index (χ1) is 4.26. The van der Waals surface area contributed by atoms with Gasteiger partial charge >= 0.3 is 0 Å². The van der Waals surface area contributed by atoms with Crippen LogP contribution in [0.1, 0.15) is 0 Å². The molecule has 0 aliphatic carbocycles. The third-order valence-electron chi connectivity index (χ3n) is 0.923. The SMILES string of the molecule is C=C(CN)N(C=O)NC. The second kappa shape index (κ2) is 4.05. The first-order valence-electron chi connectivity index (χ1n) is 2.56. The van der Waals surface area contributed by atoms with E-state index in [1.54, 1.807) is 7.05 Å².